The van der Waals surface area contributed by atoms with Crippen molar-refractivity contribution in [2.45, 2.75) is 0 Å². The molecular formula is C16H13FO3. The van der Waals surface area contributed by atoms with Gasteiger partial charge in [0.05, 0.1) is 7.11 Å². The summed E-state index contributed by atoms with van der Waals surface area (Å²) in [6.45, 7) is 0. The second-order valence-electron chi connectivity index (χ2n) is 4.14. The van der Waals surface area contributed by atoms with Crippen LogP contribution in [0.25, 0.3) is 6.08 Å². The second kappa shape index (κ2) is 6.02. The summed E-state index contributed by atoms with van der Waals surface area (Å²) in [7, 11) is 1.46. The number of ether oxygens (including phenoxy) is 1. The van der Waals surface area contributed by atoms with Gasteiger partial charge < -0.3 is 9.84 Å². The van der Waals surface area contributed by atoms with E-state index in [9.17, 15) is 14.3 Å². The zero-order valence-corrected chi connectivity index (χ0v) is 10.8. The number of carbonyl (C=O) groups is 1. The second-order valence-corrected chi connectivity index (χ2v) is 4.14. The number of rotatable bonds is 4. The molecule has 0 radical (unpaired) electrons. The van der Waals surface area contributed by atoms with Crippen molar-refractivity contribution in [3.63, 3.8) is 0 Å². The van der Waals surface area contributed by atoms with Gasteiger partial charge in [0.15, 0.2) is 17.3 Å². The number of hydrogen-bond acceptors (Lipinski definition) is 3. The summed E-state index contributed by atoms with van der Waals surface area (Å²) in [5, 5.41) is 9.62. The van der Waals surface area contributed by atoms with Gasteiger partial charge in [-0.25, -0.2) is 4.39 Å². The predicted molar refractivity (Wildman–Crippen MR) is 74.4 cm³/mol. The lowest BCUT2D eigenvalue weighted by atomic mass is 10.1. The van der Waals surface area contributed by atoms with E-state index in [1.54, 1.807) is 24.3 Å². The Morgan fingerprint density at radius 2 is 2.05 bits per heavy atom. The number of aromatic hydroxyl groups is 1. The van der Waals surface area contributed by atoms with Crippen LogP contribution in [0.1, 0.15) is 15.9 Å². The van der Waals surface area contributed by atoms with Crippen molar-refractivity contribution in [1.29, 1.82) is 0 Å². The van der Waals surface area contributed by atoms with Crippen molar-refractivity contribution in [3.8, 4) is 11.5 Å². The topological polar surface area (TPSA) is 46.5 Å². The first kappa shape index (κ1) is 13.8. The van der Waals surface area contributed by atoms with Crippen LogP contribution >= 0.6 is 0 Å². The molecule has 0 unspecified atom stereocenters. The monoisotopic (exact) mass is 272 g/mol. The Morgan fingerprint density at radius 1 is 1.25 bits per heavy atom. The van der Waals surface area contributed by atoms with Gasteiger partial charge in [0, 0.05) is 5.56 Å². The fourth-order valence-corrected chi connectivity index (χ4v) is 1.72. The molecule has 102 valence electrons. The normalized spacial score (nSPS) is 10.7. The third-order valence-corrected chi connectivity index (χ3v) is 2.74. The standard InChI is InChI=1S/C16H13FO3/c1-20-16-8-6-11(9-15(16)19)5-7-14(18)12-3-2-4-13(17)10-12/h2-10,19H,1H3. The molecule has 4 heteroatoms. The molecule has 20 heavy (non-hydrogen) atoms. The minimum atomic E-state index is -0.452. The molecule has 0 amide bonds. The average Bonchev–Trinajstić information content (AvgIpc) is 2.45. The number of carbonyl (C=O) groups excluding carboxylic acids is 1. The molecule has 0 aliphatic rings. The van der Waals surface area contributed by atoms with E-state index in [0.717, 1.165) is 0 Å². The zero-order chi connectivity index (χ0) is 14.5. The Balaban J connectivity index is 2.17. The quantitative estimate of drug-likeness (QED) is 0.685. The summed E-state index contributed by atoms with van der Waals surface area (Å²) in [6, 6.07) is 10.3. The molecule has 0 atom stereocenters. The van der Waals surface area contributed by atoms with Crippen molar-refractivity contribution in [2.75, 3.05) is 7.11 Å². The number of phenolic OH excluding ortho intramolecular Hbond substituents is 1. The molecule has 0 aromatic heterocycles. The largest absolute Gasteiger partial charge is 0.504 e. The molecule has 0 saturated heterocycles. The van der Waals surface area contributed by atoms with Crippen molar-refractivity contribution < 1.29 is 19.0 Å². The molecule has 0 aliphatic heterocycles. The first-order chi connectivity index (χ1) is 9.60. The highest BCUT2D eigenvalue weighted by molar-refractivity contribution is 6.06. The first-order valence-corrected chi connectivity index (χ1v) is 5.95. The molecule has 2 rings (SSSR count). The fraction of sp³-hybridized carbons (Fsp3) is 0.0625. The van der Waals surface area contributed by atoms with Crippen molar-refractivity contribution in [3.05, 3.63) is 65.5 Å². The zero-order valence-electron chi connectivity index (χ0n) is 10.8. The van der Waals surface area contributed by atoms with E-state index < -0.39 is 5.82 Å². The Kier molecular flexibility index (Phi) is 4.15. The lowest BCUT2D eigenvalue weighted by Crippen LogP contribution is -1.94. The molecule has 0 spiro atoms. The van der Waals surface area contributed by atoms with Gasteiger partial charge in [-0.1, -0.05) is 24.3 Å². The minimum absolute atomic E-state index is 0.00662. The van der Waals surface area contributed by atoms with E-state index in [0.29, 0.717) is 11.3 Å². The van der Waals surface area contributed by atoms with Crippen LogP contribution in [0.2, 0.25) is 0 Å². The maximum Gasteiger partial charge on any atom is 0.185 e. The number of ketones is 1. The maximum atomic E-state index is 13.0. The average molecular weight is 272 g/mol. The Hall–Kier alpha value is -2.62. The summed E-state index contributed by atoms with van der Waals surface area (Å²) in [5.41, 5.74) is 0.923. The Labute approximate surface area is 115 Å². The van der Waals surface area contributed by atoms with Gasteiger partial charge >= 0.3 is 0 Å². The SMILES string of the molecule is COc1ccc(C=CC(=O)c2cccc(F)c2)cc1O. The Bertz CT molecular complexity index is 663. The summed E-state index contributed by atoms with van der Waals surface area (Å²) in [4.78, 5) is 11.8. The smallest absolute Gasteiger partial charge is 0.185 e. The highest BCUT2D eigenvalue weighted by Gasteiger charge is 2.04. The van der Waals surface area contributed by atoms with E-state index >= 15 is 0 Å². The van der Waals surface area contributed by atoms with Gasteiger partial charge in [-0.15, -0.1) is 0 Å². The van der Waals surface area contributed by atoms with E-state index in [1.165, 1.54) is 37.5 Å². The molecule has 0 bridgehead atoms. The number of allylic oxidation sites excluding steroid dienone is 1. The van der Waals surface area contributed by atoms with Crippen LogP contribution in [0, 0.1) is 5.82 Å². The van der Waals surface area contributed by atoms with Gasteiger partial charge in [-0.3, -0.25) is 4.79 Å². The van der Waals surface area contributed by atoms with Crippen molar-refractivity contribution in [1.82, 2.24) is 0 Å². The number of hydrogen-bond donors (Lipinski definition) is 1. The van der Waals surface area contributed by atoms with E-state index in [1.807, 2.05) is 0 Å². The van der Waals surface area contributed by atoms with Crippen molar-refractivity contribution in [2.24, 2.45) is 0 Å². The molecule has 1 N–H and O–H groups in total. The van der Waals surface area contributed by atoms with Gasteiger partial charge in [0.1, 0.15) is 5.82 Å². The van der Waals surface area contributed by atoms with Crippen LogP contribution in [0.5, 0.6) is 11.5 Å². The Morgan fingerprint density at radius 3 is 2.70 bits per heavy atom. The van der Waals surface area contributed by atoms with Gasteiger partial charge in [0.25, 0.3) is 0 Å². The van der Waals surface area contributed by atoms with Crippen LogP contribution in [0.3, 0.4) is 0 Å². The lowest BCUT2D eigenvalue weighted by Gasteiger charge is -2.03. The van der Waals surface area contributed by atoms with Crippen LogP contribution in [0.4, 0.5) is 4.39 Å². The molecule has 3 nitrogen and oxygen atoms in total. The van der Waals surface area contributed by atoms with Crippen molar-refractivity contribution >= 4 is 11.9 Å². The molecule has 0 heterocycles. The molecular weight excluding hydrogens is 259 g/mol. The molecule has 0 saturated carbocycles. The molecule has 2 aromatic rings. The molecule has 0 fully saturated rings. The summed E-state index contributed by atoms with van der Waals surface area (Å²) in [6.07, 6.45) is 2.88. The van der Waals surface area contributed by atoms with Crippen LogP contribution in [0.15, 0.2) is 48.5 Å². The van der Waals surface area contributed by atoms with E-state index in [4.69, 9.17) is 4.74 Å². The third-order valence-electron chi connectivity index (χ3n) is 2.74. The van der Waals surface area contributed by atoms with Crippen LogP contribution in [-0.4, -0.2) is 18.0 Å². The third kappa shape index (κ3) is 3.23. The van der Waals surface area contributed by atoms with Gasteiger partial charge in [-0.05, 0) is 35.9 Å². The predicted octanol–water partition coefficient (Wildman–Crippen LogP) is 3.44. The van der Waals surface area contributed by atoms with E-state index in [-0.39, 0.29) is 17.1 Å². The highest BCUT2D eigenvalue weighted by atomic mass is 19.1. The van der Waals surface area contributed by atoms with E-state index in [2.05, 4.69) is 0 Å². The minimum Gasteiger partial charge on any atom is -0.504 e. The number of benzene rings is 2. The van der Waals surface area contributed by atoms with Gasteiger partial charge in [0.2, 0.25) is 0 Å². The summed E-state index contributed by atoms with van der Waals surface area (Å²) < 4.78 is 17.9. The molecule has 2 aromatic carbocycles. The number of phenols is 1. The lowest BCUT2D eigenvalue weighted by molar-refractivity contribution is 0.104. The number of methoxy groups -OCH3 is 1. The highest BCUT2D eigenvalue weighted by Crippen LogP contribution is 2.26. The maximum absolute atomic E-state index is 13.0. The number of halogens is 1. The first-order valence-electron chi connectivity index (χ1n) is 5.95. The van der Waals surface area contributed by atoms with Crippen LogP contribution in [-0.2, 0) is 0 Å². The summed E-state index contributed by atoms with van der Waals surface area (Å²) in [5.74, 6) is -0.405. The van der Waals surface area contributed by atoms with Crippen LogP contribution < -0.4 is 4.74 Å². The molecule has 0 aliphatic carbocycles. The summed E-state index contributed by atoms with van der Waals surface area (Å²) >= 11 is 0. The fourth-order valence-electron chi connectivity index (χ4n) is 1.72. The van der Waals surface area contributed by atoms with Gasteiger partial charge in [-0.2, -0.15) is 0 Å².